The fourth-order valence-electron chi connectivity index (χ4n) is 1.37. The number of urea groups is 1. The van der Waals surface area contributed by atoms with E-state index in [1.807, 2.05) is 6.92 Å². The number of rotatable bonds is 7. The van der Waals surface area contributed by atoms with Crippen LogP contribution in [0.2, 0.25) is 0 Å². The molecule has 0 rings (SSSR count). The van der Waals surface area contributed by atoms with Crippen LogP contribution in [-0.4, -0.2) is 44.2 Å². The Hall–Kier alpha value is -0.770. The Morgan fingerprint density at radius 1 is 1.19 bits per heavy atom. The molecule has 0 aliphatic heterocycles. The maximum Gasteiger partial charge on any atom is 0.314 e. The Balaban J connectivity index is 3.58. The lowest BCUT2D eigenvalue weighted by molar-refractivity contribution is 0.236. The molecule has 0 aliphatic rings. The van der Waals surface area contributed by atoms with Crippen LogP contribution in [0.15, 0.2) is 0 Å². The molecule has 1 atom stereocenters. The molecule has 96 valence electrons. The summed E-state index contributed by atoms with van der Waals surface area (Å²) in [5.74, 6) is 0.754. The number of nitrogens with one attached hydrogen (secondary N) is 2. The van der Waals surface area contributed by atoms with Gasteiger partial charge in [-0.25, -0.2) is 4.79 Å². The van der Waals surface area contributed by atoms with E-state index in [-0.39, 0.29) is 12.1 Å². The lowest BCUT2D eigenvalue weighted by Gasteiger charge is -2.20. The molecular formula is C12H27N3O. The molecule has 2 N–H and O–H groups in total. The third-order valence-electron chi connectivity index (χ3n) is 2.64. The minimum Gasteiger partial charge on any atom is -0.341 e. The zero-order valence-electron chi connectivity index (χ0n) is 11.3. The summed E-state index contributed by atoms with van der Waals surface area (Å²) in [4.78, 5) is 13.4. The summed E-state index contributed by atoms with van der Waals surface area (Å²) in [6.07, 6.45) is 2.22. The van der Waals surface area contributed by atoms with E-state index in [1.54, 1.807) is 7.05 Å². The first-order valence-corrected chi connectivity index (χ1v) is 6.12. The van der Waals surface area contributed by atoms with Gasteiger partial charge in [0, 0.05) is 13.1 Å². The van der Waals surface area contributed by atoms with Crippen molar-refractivity contribution in [3.8, 4) is 0 Å². The van der Waals surface area contributed by atoms with Crippen molar-refractivity contribution in [3.63, 3.8) is 0 Å². The molecule has 0 fully saturated rings. The van der Waals surface area contributed by atoms with Gasteiger partial charge < -0.3 is 15.5 Å². The third kappa shape index (κ3) is 8.53. The van der Waals surface area contributed by atoms with Crippen molar-refractivity contribution < 1.29 is 4.79 Å². The number of carbonyl (C=O) groups is 1. The maximum atomic E-state index is 11.0. The summed E-state index contributed by atoms with van der Waals surface area (Å²) >= 11 is 0. The lowest BCUT2D eigenvalue weighted by atomic mass is 10.1. The molecule has 4 nitrogen and oxygen atoms in total. The number of nitrogens with zero attached hydrogens (tertiary/aromatic N) is 1. The van der Waals surface area contributed by atoms with Crippen LogP contribution >= 0.6 is 0 Å². The summed E-state index contributed by atoms with van der Waals surface area (Å²) < 4.78 is 0. The molecule has 0 aromatic rings. The summed E-state index contributed by atoms with van der Waals surface area (Å²) in [6.45, 7) is 8.67. The Morgan fingerprint density at radius 2 is 1.75 bits per heavy atom. The van der Waals surface area contributed by atoms with E-state index in [9.17, 15) is 4.79 Å². The highest BCUT2D eigenvalue weighted by Crippen LogP contribution is 2.01. The molecule has 16 heavy (non-hydrogen) atoms. The quantitative estimate of drug-likeness (QED) is 0.697. The van der Waals surface area contributed by atoms with E-state index >= 15 is 0 Å². The molecule has 2 amide bonds. The van der Waals surface area contributed by atoms with E-state index < -0.39 is 0 Å². The molecule has 0 saturated carbocycles. The molecule has 0 aromatic carbocycles. The first-order chi connectivity index (χ1) is 7.45. The highest BCUT2D eigenvalue weighted by atomic mass is 16.2. The fourth-order valence-corrected chi connectivity index (χ4v) is 1.37. The van der Waals surface area contributed by atoms with Crippen LogP contribution in [0.4, 0.5) is 4.79 Å². The van der Waals surface area contributed by atoms with Gasteiger partial charge in [-0.3, -0.25) is 0 Å². The average Bonchev–Trinajstić information content (AvgIpc) is 2.23. The van der Waals surface area contributed by atoms with Gasteiger partial charge >= 0.3 is 6.03 Å². The molecule has 0 aromatic heterocycles. The summed E-state index contributed by atoms with van der Waals surface area (Å²) in [5.41, 5.74) is 0. The SMILES string of the molecule is CNC(=O)NC(C)CCN(C)CCC(C)C. The second kappa shape index (κ2) is 8.39. The van der Waals surface area contributed by atoms with Gasteiger partial charge in [-0.15, -0.1) is 0 Å². The van der Waals surface area contributed by atoms with E-state index in [0.29, 0.717) is 0 Å². The number of amides is 2. The van der Waals surface area contributed by atoms with Crippen LogP contribution in [0, 0.1) is 5.92 Å². The zero-order chi connectivity index (χ0) is 12.6. The molecule has 1 unspecified atom stereocenters. The van der Waals surface area contributed by atoms with Crippen LogP contribution in [0.25, 0.3) is 0 Å². The zero-order valence-corrected chi connectivity index (χ0v) is 11.3. The average molecular weight is 229 g/mol. The molecule has 0 heterocycles. The maximum absolute atomic E-state index is 11.0. The van der Waals surface area contributed by atoms with Crippen LogP contribution in [-0.2, 0) is 0 Å². The topological polar surface area (TPSA) is 44.4 Å². The first-order valence-electron chi connectivity index (χ1n) is 6.12. The number of carbonyl (C=O) groups excluding carboxylic acids is 1. The minimum atomic E-state index is -0.0997. The van der Waals surface area contributed by atoms with E-state index in [0.717, 1.165) is 25.4 Å². The standard InChI is InChI=1S/C12H27N3O/c1-10(2)6-8-15(5)9-7-11(3)14-12(16)13-4/h10-11H,6-9H2,1-5H3,(H2,13,14,16). The third-order valence-corrected chi connectivity index (χ3v) is 2.64. The van der Waals surface area contributed by atoms with Gasteiger partial charge in [-0.05, 0) is 45.8 Å². The van der Waals surface area contributed by atoms with Crippen LogP contribution in [0.5, 0.6) is 0 Å². The van der Waals surface area contributed by atoms with Gasteiger partial charge in [-0.1, -0.05) is 13.8 Å². The van der Waals surface area contributed by atoms with Crippen LogP contribution in [0.3, 0.4) is 0 Å². The molecule has 0 radical (unpaired) electrons. The van der Waals surface area contributed by atoms with Gasteiger partial charge in [0.25, 0.3) is 0 Å². The van der Waals surface area contributed by atoms with Crippen LogP contribution in [0.1, 0.15) is 33.6 Å². The molecule has 0 aliphatic carbocycles. The van der Waals surface area contributed by atoms with Gasteiger partial charge in [0.15, 0.2) is 0 Å². The lowest BCUT2D eigenvalue weighted by Crippen LogP contribution is -2.40. The molecule has 0 bridgehead atoms. The highest BCUT2D eigenvalue weighted by Gasteiger charge is 2.07. The van der Waals surface area contributed by atoms with Crippen molar-refractivity contribution >= 4 is 6.03 Å². The van der Waals surface area contributed by atoms with Gasteiger partial charge in [-0.2, -0.15) is 0 Å². The van der Waals surface area contributed by atoms with Crippen LogP contribution < -0.4 is 10.6 Å². The summed E-state index contributed by atoms with van der Waals surface area (Å²) in [7, 11) is 3.77. The Labute approximate surface area is 99.8 Å². The number of hydrogen-bond acceptors (Lipinski definition) is 2. The van der Waals surface area contributed by atoms with E-state index in [1.165, 1.54) is 6.42 Å². The van der Waals surface area contributed by atoms with Crippen molar-refractivity contribution in [2.45, 2.75) is 39.7 Å². The predicted octanol–water partition coefficient (Wildman–Crippen LogP) is 1.67. The second-order valence-corrected chi connectivity index (χ2v) is 4.90. The minimum absolute atomic E-state index is 0.0997. The summed E-state index contributed by atoms with van der Waals surface area (Å²) in [6, 6.07) is 0.124. The second-order valence-electron chi connectivity index (χ2n) is 4.90. The van der Waals surface area contributed by atoms with Crippen molar-refractivity contribution in [2.75, 3.05) is 27.2 Å². The largest absolute Gasteiger partial charge is 0.341 e. The first kappa shape index (κ1) is 15.2. The Kier molecular flexibility index (Phi) is 7.99. The Bertz CT molecular complexity index is 195. The van der Waals surface area contributed by atoms with Crippen molar-refractivity contribution in [1.29, 1.82) is 0 Å². The normalized spacial score (nSPS) is 12.9. The van der Waals surface area contributed by atoms with E-state index in [4.69, 9.17) is 0 Å². The number of hydrogen-bond donors (Lipinski definition) is 2. The predicted molar refractivity (Wildman–Crippen MR) is 68.6 cm³/mol. The Morgan fingerprint density at radius 3 is 2.25 bits per heavy atom. The molecule has 0 saturated heterocycles. The summed E-state index contributed by atoms with van der Waals surface area (Å²) in [5, 5.41) is 5.43. The van der Waals surface area contributed by atoms with Crippen molar-refractivity contribution in [1.82, 2.24) is 15.5 Å². The van der Waals surface area contributed by atoms with Gasteiger partial charge in [0.05, 0.1) is 0 Å². The molecule has 4 heteroatoms. The smallest absolute Gasteiger partial charge is 0.314 e. The van der Waals surface area contributed by atoms with Crippen molar-refractivity contribution in [2.24, 2.45) is 5.92 Å². The van der Waals surface area contributed by atoms with Gasteiger partial charge in [0.1, 0.15) is 0 Å². The van der Waals surface area contributed by atoms with E-state index in [2.05, 4.69) is 36.4 Å². The van der Waals surface area contributed by atoms with Gasteiger partial charge in [0.2, 0.25) is 0 Å². The fraction of sp³-hybridized carbons (Fsp3) is 0.917. The highest BCUT2D eigenvalue weighted by molar-refractivity contribution is 5.73. The monoisotopic (exact) mass is 229 g/mol. The van der Waals surface area contributed by atoms with Crippen molar-refractivity contribution in [3.05, 3.63) is 0 Å². The molecule has 0 spiro atoms. The molecular weight excluding hydrogens is 202 g/mol.